The average Bonchev–Trinajstić information content (AvgIpc) is 3.22. The van der Waals surface area contributed by atoms with E-state index in [1.807, 2.05) is 42.6 Å². The number of thioether (sulfide) groups is 1. The van der Waals surface area contributed by atoms with Crippen molar-refractivity contribution in [1.29, 1.82) is 0 Å². The summed E-state index contributed by atoms with van der Waals surface area (Å²) in [4.78, 5) is 30.2. The number of methoxy groups -OCH3 is 1. The lowest BCUT2D eigenvalue weighted by molar-refractivity contribution is -0.113. The standard InChI is InChI=1S/C22H19N3O3S2/c1-14-4-3-5-16(12-14)25-21(27)20-18(10-11-29-20)24-22(25)30-13-19(26)23-15-6-8-17(28-2)9-7-15/h3-12H,13H2,1-2H3,(H,23,26). The molecular formula is C22H19N3O3S2. The Hall–Kier alpha value is -3.10. The summed E-state index contributed by atoms with van der Waals surface area (Å²) in [6.07, 6.45) is 0. The minimum Gasteiger partial charge on any atom is -0.497 e. The van der Waals surface area contributed by atoms with E-state index in [1.54, 1.807) is 35.9 Å². The first-order valence-electron chi connectivity index (χ1n) is 9.19. The van der Waals surface area contributed by atoms with Crippen LogP contribution in [0.3, 0.4) is 0 Å². The number of amides is 1. The van der Waals surface area contributed by atoms with E-state index in [0.717, 1.165) is 17.0 Å². The first-order chi connectivity index (χ1) is 14.5. The number of thiophene rings is 1. The van der Waals surface area contributed by atoms with Crippen LogP contribution in [0.1, 0.15) is 5.56 Å². The Morgan fingerprint density at radius 1 is 1.20 bits per heavy atom. The number of nitrogens with one attached hydrogen (secondary N) is 1. The van der Waals surface area contributed by atoms with Crippen LogP contribution < -0.4 is 15.6 Å². The molecule has 6 nitrogen and oxygen atoms in total. The smallest absolute Gasteiger partial charge is 0.276 e. The molecule has 0 aliphatic heterocycles. The van der Waals surface area contributed by atoms with E-state index in [9.17, 15) is 9.59 Å². The third-order valence-electron chi connectivity index (χ3n) is 4.42. The van der Waals surface area contributed by atoms with Crippen molar-refractivity contribution in [3.63, 3.8) is 0 Å². The van der Waals surface area contributed by atoms with E-state index >= 15 is 0 Å². The second-order valence-corrected chi connectivity index (χ2v) is 8.43. The predicted octanol–water partition coefficient (Wildman–Crippen LogP) is 4.50. The maximum Gasteiger partial charge on any atom is 0.276 e. The van der Waals surface area contributed by atoms with Gasteiger partial charge in [-0.1, -0.05) is 23.9 Å². The first-order valence-corrected chi connectivity index (χ1v) is 11.1. The zero-order chi connectivity index (χ0) is 21.1. The average molecular weight is 438 g/mol. The number of ether oxygens (including phenoxy) is 1. The monoisotopic (exact) mass is 437 g/mol. The zero-order valence-corrected chi connectivity index (χ0v) is 18.0. The van der Waals surface area contributed by atoms with E-state index < -0.39 is 0 Å². The number of nitrogens with zero attached hydrogens (tertiary/aromatic N) is 2. The summed E-state index contributed by atoms with van der Waals surface area (Å²) in [6.45, 7) is 1.97. The first kappa shape index (κ1) is 20.2. The summed E-state index contributed by atoms with van der Waals surface area (Å²) in [5, 5.41) is 5.19. The second-order valence-electron chi connectivity index (χ2n) is 6.57. The molecule has 1 amide bonds. The van der Waals surface area contributed by atoms with Gasteiger partial charge < -0.3 is 10.1 Å². The molecule has 8 heteroatoms. The van der Waals surface area contributed by atoms with Crippen molar-refractivity contribution in [2.75, 3.05) is 18.2 Å². The minimum atomic E-state index is -0.180. The predicted molar refractivity (Wildman–Crippen MR) is 122 cm³/mol. The molecule has 0 aliphatic rings. The molecule has 2 heterocycles. The Balaban J connectivity index is 1.60. The molecule has 0 unspecified atom stereocenters. The number of fused-ring (bicyclic) bond motifs is 1. The lowest BCUT2D eigenvalue weighted by Crippen LogP contribution is -2.22. The summed E-state index contributed by atoms with van der Waals surface area (Å²) in [5.41, 5.74) is 2.98. The van der Waals surface area contributed by atoms with Crippen LogP contribution >= 0.6 is 23.1 Å². The van der Waals surface area contributed by atoms with Gasteiger partial charge in [-0.2, -0.15) is 0 Å². The molecule has 152 valence electrons. The molecule has 0 radical (unpaired) electrons. The van der Waals surface area contributed by atoms with Crippen LogP contribution in [0.2, 0.25) is 0 Å². The fourth-order valence-electron chi connectivity index (χ4n) is 2.99. The van der Waals surface area contributed by atoms with Crippen LogP contribution in [0.5, 0.6) is 5.75 Å². The van der Waals surface area contributed by atoms with Crippen LogP contribution in [-0.2, 0) is 4.79 Å². The van der Waals surface area contributed by atoms with Crippen LogP contribution in [0.15, 0.2) is 69.9 Å². The molecule has 4 rings (SSSR count). The molecule has 0 fully saturated rings. The summed E-state index contributed by atoms with van der Waals surface area (Å²) in [6, 6.07) is 16.6. The SMILES string of the molecule is COc1ccc(NC(=O)CSc2nc3ccsc3c(=O)n2-c2cccc(C)c2)cc1. The molecule has 0 bridgehead atoms. The highest BCUT2D eigenvalue weighted by Crippen LogP contribution is 2.24. The lowest BCUT2D eigenvalue weighted by Gasteiger charge is -2.12. The highest BCUT2D eigenvalue weighted by molar-refractivity contribution is 7.99. The van der Waals surface area contributed by atoms with Gasteiger partial charge in [0.1, 0.15) is 10.4 Å². The van der Waals surface area contributed by atoms with E-state index in [2.05, 4.69) is 10.3 Å². The molecule has 0 aliphatic carbocycles. The van der Waals surface area contributed by atoms with Gasteiger partial charge in [-0.05, 0) is 60.3 Å². The van der Waals surface area contributed by atoms with Gasteiger partial charge in [0.05, 0.1) is 24.1 Å². The van der Waals surface area contributed by atoms with Gasteiger partial charge in [-0.3, -0.25) is 14.2 Å². The van der Waals surface area contributed by atoms with Gasteiger partial charge in [-0.15, -0.1) is 11.3 Å². The summed E-state index contributed by atoms with van der Waals surface area (Å²) >= 11 is 2.61. The Bertz CT molecular complexity index is 1260. The Kier molecular flexibility index (Phi) is 5.87. The van der Waals surface area contributed by atoms with Crippen molar-refractivity contribution in [2.45, 2.75) is 12.1 Å². The van der Waals surface area contributed by atoms with Crippen LogP contribution in [0.4, 0.5) is 5.69 Å². The Morgan fingerprint density at radius 3 is 2.73 bits per heavy atom. The number of rotatable bonds is 6. The Morgan fingerprint density at radius 2 is 2.00 bits per heavy atom. The lowest BCUT2D eigenvalue weighted by atomic mass is 10.2. The largest absolute Gasteiger partial charge is 0.497 e. The van der Waals surface area contributed by atoms with Crippen molar-refractivity contribution in [1.82, 2.24) is 9.55 Å². The number of anilines is 1. The summed E-state index contributed by atoms with van der Waals surface area (Å²) in [7, 11) is 1.59. The van der Waals surface area contributed by atoms with Crippen LogP contribution in [0, 0.1) is 6.92 Å². The molecule has 2 aromatic carbocycles. The number of aromatic nitrogens is 2. The molecule has 30 heavy (non-hydrogen) atoms. The molecule has 0 saturated carbocycles. The molecule has 2 aromatic heterocycles. The number of hydrogen-bond donors (Lipinski definition) is 1. The number of carbonyl (C=O) groups is 1. The zero-order valence-electron chi connectivity index (χ0n) is 16.4. The van der Waals surface area contributed by atoms with Gasteiger partial charge in [0.25, 0.3) is 5.56 Å². The van der Waals surface area contributed by atoms with E-state index in [0.29, 0.717) is 21.1 Å². The minimum absolute atomic E-state index is 0.125. The van der Waals surface area contributed by atoms with Crippen LogP contribution in [0.25, 0.3) is 15.9 Å². The van der Waals surface area contributed by atoms with Crippen molar-refractivity contribution in [2.24, 2.45) is 0 Å². The maximum absolute atomic E-state index is 13.1. The van der Waals surface area contributed by atoms with Gasteiger partial charge >= 0.3 is 0 Å². The number of carbonyl (C=O) groups excluding carboxylic acids is 1. The van der Waals surface area contributed by atoms with E-state index in [-0.39, 0.29) is 17.2 Å². The molecular weight excluding hydrogens is 418 g/mol. The van der Waals surface area contributed by atoms with Crippen LogP contribution in [-0.4, -0.2) is 28.3 Å². The van der Waals surface area contributed by atoms with Gasteiger partial charge in [0, 0.05) is 5.69 Å². The van der Waals surface area contributed by atoms with Crippen molar-refractivity contribution >= 4 is 44.9 Å². The van der Waals surface area contributed by atoms with E-state index in [1.165, 1.54) is 23.1 Å². The highest BCUT2D eigenvalue weighted by atomic mass is 32.2. The molecule has 1 N–H and O–H groups in total. The molecule has 0 spiro atoms. The second kappa shape index (κ2) is 8.73. The summed E-state index contributed by atoms with van der Waals surface area (Å²) in [5.74, 6) is 0.665. The fraction of sp³-hybridized carbons (Fsp3) is 0.136. The van der Waals surface area contributed by atoms with Crippen molar-refractivity contribution < 1.29 is 9.53 Å². The topological polar surface area (TPSA) is 73.2 Å². The van der Waals surface area contributed by atoms with Crippen molar-refractivity contribution in [3.8, 4) is 11.4 Å². The fourth-order valence-corrected chi connectivity index (χ4v) is 4.56. The third kappa shape index (κ3) is 4.24. The Labute approximate surface area is 181 Å². The quantitative estimate of drug-likeness (QED) is 0.355. The van der Waals surface area contributed by atoms with Gasteiger partial charge in [-0.25, -0.2) is 4.98 Å². The van der Waals surface area contributed by atoms with E-state index in [4.69, 9.17) is 4.74 Å². The molecule has 4 aromatic rings. The normalized spacial score (nSPS) is 10.9. The van der Waals surface area contributed by atoms with Gasteiger partial charge in [0.15, 0.2) is 5.16 Å². The number of hydrogen-bond acceptors (Lipinski definition) is 6. The summed E-state index contributed by atoms with van der Waals surface area (Å²) < 4.78 is 7.31. The highest BCUT2D eigenvalue weighted by Gasteiger charge is 2.16. The third-order valence-corrected chi connectivity index (χ3v) is 6.25. The van der Waals surface area contributed by atoms with Crippen molar-refractivity contribution in [3.05, 3.63) is 75.9 Å². The van der Waals surface area contributed by atoms with Gasteiger partial charge in [0.2, 0.25) is 5.91 Å². The number of aryl methyl sites for hydroxylation is 1. The number of benzene rings is 2. The maximum atomic E-state index is 13.1. The molecule has 0 atom stereocenters. The molecule has 0 saturated heterocycles.